The van der Waals surface area contributed by atoms with Crippen molar-refractivity contribution in [2.75, 3.05) is 20.8 Å². The molecule has 3 N–H and O–H groups in total. The minimum Gasteiger partial charge on any atom is -0.497 e. The van der Waals surface area contributed by atoms with Crippen molar-refractivity contribution in [3.05, 3.63) is 23.8 Å². The third-order valence-electron chi connectivity index (χ3n) is 3.55. The van der Waals surface area contributed by atoms with Crippen LogP contribution in [0, 0.1) is 0 Å². The third kappa shape index (κ3) is 3.87. The Balaban J connectivity index is 2.97. The zero-order valence-corrected chi connectivity index (χ0v) is 12.7. The van der Waals surface area contributed by atoms with Crippen LogP contribution in [0.3, 0.4) is 0 Å². The molecule has 0 bridgehead atoms. The SMILES string of the molecule is CCC(C)(CCN)NC(=O)c1ccc(OC)cc1OC. The molecule has 1 amide bonds. The van der Waals surface area contributed by atoms with Gasteiger partial charge in [0.15, 0.2) is 0 Å². The lowest BCUT2D eigenvalue weighted by Crippen LogP contribution is -2.46. The van der Waals surface area contributed by atoms with E-state index in [2.05, 4.69) is 5.32 Å². The molecule has 0 aromatic heterocycles. The third-order valence-corrected chi connectivity index (χ3v) is 3.55. The van der Waals surface area contributed by atoms with Crippen LogP contribution in [0.5, 0.6) is 11.5 Å². The van der Waals surface area contributed by atoms with Gasteiger partial charge in [0, 0.05) is 11.6 Å². The van der Waals surface area contributed by atoms with Crippen molar-refractivity contribution in [3.8, 4) is 11.5 Å². The molecule has 0 aliphatic carbocycles. The van der Waals surface area contributed by atoms with Crippen LogP contribution in [-0.2, 0) is 0 Å². The van der Waals surface area contributed by atoms with Crippen molar-refractivity contribution < 1.29 is 14.3 Å². The largest absolute Gasteiger partial charge is 0.497 e. The lowest BCUT2D eigenvalue weighted by Gasteiger charge is -2.29. The molecule has 1 aromatic carbocycles. The van der Waals surface area contributed by atoms with E-state index < -0.39 is 0 Å². The number of amides is 1. The van der Waals surface area contributed by atoms with Gasteiger partial charge in [-0.05, 0) is 38.4 Å². The van der Waals surface area contributed by atoms with Crippen molar-refractivity contribution in [3.63, 3.8) is 0 Å². The Morgan fingerprint density at radius 3 is 2.55 bits per heavy atom. The number of benzene rings is 1. The van der Waals surface area contributed by atoms with E-state index in [1.54, 1.807) is 25.3 Å². The van der Waals surface area contributed by atoms with Gasteiger partial charge in [-0.2, -0.15) is 0 Å². The maximum atomic E-state index is 12.4. The molecule has 0 spiro atoms. The van der Waals surface area contributed by atoms with E-state index in [-0.39, 0.29) is 11.4 Å². The highest BCUT2D eigenvalue weighted by atomic mass is 16.5. The highest BCUT2D eigenvalue weighted by Gasteiger charge is 2.25. The van der Waals surface area contributed by atoms with Crippen molar-refractivity contribution in [1.29, 1.82) is 0 Å². The van der Waals surface area contributed by atoms with Gasteiger partial charge >= 0.3 is 0 Å². The fourth-order valence-corrected chi connectivity index (χ4v) is 1.97. The van der Waals surface area contributed by atoms with Crippen LogP contribution >= 0.6 is 0 Å². The van der Waals surface area contributed by atoms with Crippen LogP contribution in [0.15, 0.2) is 18.2 Å². The number of hydrogen-bond acceptors (Lipinski definition) is 4. The fraction of sp³-hybridized carbons (Fsp3) is 0.533. The molecule has 5 heteroatoms. The van der Waals surface area contributed by atoms with Crippen LogP contribution in [0.25, 0.3) is 0 Å². The molecule has 0 aliphatic heterocycles. The first-order valence-corrected chi connectivity index (χ1v) is 6.74. The van der Waals surface area contributed by atoms with Gasteiger partial charge in [0.25, 0.3) is 5.91 Å². The van der Waals surface area contributed by atoms with Gasteiger partial charge in [-0.1, -0.05) is 6.92 Å². The first-order chi connectivity index (χ1) is 9.49. The summed E-state index contributed by atoms with van der Waals surface area (Å²) in [6, 6.07) is 5.14. The molecule has 0 aliphatic rings. The average Bonchev–Trinajstić information content (AvgIpc) is 2.46. The van der Waals surface area contributed by atoms with Gasteiger partial charge in [-0.3, -0.25) is 4.79 Å². The summed E-state index contributed by atoms with van der Waals surface area (Å²) in [6.07, 6.45) is 1.54. The molecule has 0 heterocycles. The highest BCUT2D eigenvalue weighted by molar-refractivity contribution is 5.97. The average molecular weight is 280 g/mol. The molecule has 5 nitrogen and oxygen atoms in total. The molecule has 0 fully saturated rings. The number of rotatable bonds is 7. The van der Waals surface area contributed by atoms with Crippen LogP contribution in [-0.4, -0.2) is 32.2 Å². The van der Waals surface area contributed by atoms with Gasteiger partial charge in [0.05, 0.1) is 19.8 Å². The molecule has 1 unspecified atom stereocenters. The summed E-state index contributed by atoms with van der Waals surface area (Å²) in [5.41, 5.74) is 5.79. The monoisotopic (exact) mass is 280 g/mol. The van der Waals surface area contributed by atoms with Crippen LogP contribution in [0.4, 0.5) is 0 Å². The van der Waals surface area contributed by atoms with Crippen LogP contribution in [0.2, 0.25) is 0 Å². The van der Waals surface area contributed by atoms with Gasteiger partial charge < -0.3 is 20.5 Å². The summed E-state index contributed by atoms with van der Waals surface area (Å²) < 4.78 is 10.4. The molecule has 1 atom stereocenters. The smallest absolute Gasteiger partial charge is 0.255 e. The molecule has 112 valence electrons. The normalized spacial score (nSPS) is 13.4. The topological polar surface area (TPSA) is 73.6 Å². The number of nitrogens with one attached hydrogen (secondary N) is 1. The van der Waals surface area contributed by atoms with E-state index in [9.17, 15) is 4.79 Å². The molecule has 0 saturated carbocycles. The predicted molar refractivity (Wildman–Crippen MR) is 79.4 cm³/mol. The zero-order chi connectivity index (χ0) is 15.2. The number of carbonyl (C=O) groups excluding carboxylic acids is 1. The van der Waals surface area contributed by atoms with E-state index in [0.717, 1.165) is 12.8 Å². The summed E-state index contributed by atoms with van der Waals surface area (Å²) in [5.74, 6) is 0.981. The summed E-state index contributed by atoms with van der Waals surface area (Å²) >= 11 is 0. The highest BCUT2D eigenvalue weighted by Crippen LogP contribution is 2.25. The first-order valence-electron chi connectivity index (χ1n) is 6.74. The maximum absolute atomic E-state index is 12.4. The number of carbonyl (C=O) groups is 1. The molecule has 1 rings (SSSR count). The second-order valence-corrected chi connectivity index (χ2v) is 4.97. The Bertz CT molecular complexity index is 462. The van der Waals surface area contributed by atoms with Crippen molar-refractivity contribution in [1.82, 2.24) is 5.32 Å². The van der Waals surface area contributed by atoms with E-state index in [1.165, 1.54) is 7.11 Å². The molecule has 0 saturated heterocycles. The van der Waals surface area contributed by atoms with E-state index >= 15 is 0 Å². The summed E-state index contributed by atoms with van der Waals surface area (Å²) in [4.78, 5) is 12.4. The van der Waals surface area contributed by atoms with E-state index in [0.29, 0.717) is 23.6 Å². The zero-order valence-electron chi connectivity index (χ0n) is 12.7. The Kier molecular flexibility index (Phi) is 5.82. The van der Waals surface area contributed by atoms with Crippen molar-refractivity contribution >= 4 is 5.91 Å². The summed E-state index contributed by atoms with van der Waals surface area (Å²) in [5, 5.41) is 3.03. The van der Waals surface area contributed by atoms with E-state index in [4.69, 9.17) is 15.2 Å². The molecule has 0 radical (unpaired) electrons. The predicted octanol–water partition coefficient (Wildman–Crippen LogP) is 1.95. The maximum Gasteiger partial charge on any atom is 0.255 e. The first kappa shape index (κ1) is 16.3. The lowest BCUT2D eigenvalue weighted by molar-refractivity contribution is 0.0897. The van der Waals surface area contributed by atoms with Gasteiger partial charge in [-0.15, -0.1) is 0 Å². The van der Waals surface area contributed by atoms with Crippen molar-refractivity contribution in [2.24, 2.45) is 5.73 Å². The molecular weight excluding hydrogens is 256 g/mol. The minimum absolute atomic E-state index is 0.165. The Morgan fingerprint density at radius 1 is 1.35 bits per heavy atom. The van der Waals surface area contributed by atoms with Crippen LogP contribution < -0.4 is 20.5 Å². The Labute approximate surface area is 120 Å². The standard InChI is InChI=1S/C15H24N2O3/c1-5-15(2,8-9-16)17-14(18)12-7-6-11(19-3)10-13(12)20-4/h6-7,10H,5,8-9,16H2,1-4H3,(H,17,18). The number of nitrogens with two attached hydrogens (primary N) is 1. The lowest BCUT2D eigenvalue weighted by atomic mass is 9.94. The summed E-state index contributed by atoms with van der Waals surface area (Å²) in [7, 11) is 3.11. The second-order valence-electron chi connectivity index (χ2n) is 4.97. The molecule has 1 aromatic rings. The molecule has 20 heavy (non-hydrogen) atoms. The number of ether oxygens (including phenoxy) is 2. The molecular formula is C15H24N2O3. The second kappa shape index (κ2) is 7.14. The number of methoxy groups -OCH3 is 2. The van der Waals surface area contributed by atoms with E-state index in [1.807, 2.05) is 13.8 Å². The van der Waals surface area contributed by atoms with Gasteiger partial charge in [0.2, 0.25) is 0 Å². The van der Waals surface area contributed by atoms with Gasteiger partial charge in [-0.25, -0.2) is 0 Å². The Morgan fingerprint density at radius 2 is 2.05 bits per heavy atom. The summed E-state index contributed by atoms with van der Waals surface area (Å²) in [6.45, 7) is 4.55. The van der Waals surface area contributed by atoms with Crippen LogP contribution in [0.1, 0.15) is 37.0 Å². The van der Waals surface area contributed by atoms with Crippen molar-refractivity contribution in [2.45, 2.75) is 32.2 Å². The fourth-order valence-electron chi connectivity index (χ4n) is 1.97. The number of hydrogen-bond donors (Lipinski definition) is 2. The van der Waals surface area contributed by atoms with Gasteiger partial charge in [0.1, 0.15) is 11.5 Å². The quantitative estimate of drug-likeness (QED) is 0.800. The minimum atomic E-state index is -0.309. The Hall–Kier alpha value is -1.75.